The molecule has 1 rings (SSSR count). The van der Waals surface area contributed by atoms with Crippen molar-refractivity contribution in [3.63, 3.8) is 0 Å². The smallest absolute Gasteiger partial charge is 0.00790 e. The Hall–Kier alpha value is -0.0800. The Morgan fingerprint density at radius 1 is 1.33 bits per heavy atom. The van der Waals surface area contributed by atoms with E-state index < -0.39 is 0 Å². The Labute approximate surface area is 76.3 Å². The Kier molecular flexibility index (Phi) is 4.62. The van der Waals surface area contributed by atoms with E-state index in [1.807, 2.05) is 0 Å². The van der Waals surface area contributed by atoms with E-state index in [0.29, 0.717) is 0 Å². The van der Waals surface area contributed by atoms with Crippen LogP contribution in [0.2, 0.25) is 0 Å². The van der Waals surface area contributed by atoms with Gasteiger partial charge >= 0.3 is 0 Å². The molecule has 1 fully saturated rings. The number of nitrogens with zero attached hydrogens (tertiary/aromatic N) is 1. The van der Waals surface area contributed by atoms with Crippen molar-refractivity contribution in [2.45, 2.75) is 39.2 Å². The first kappa shape index (κ1) is 10.0. The monoisotopic (exact) mass is 170 g/mol. The fraction of sp³-hybridized carbons (Fsp3) is 1.00. The molecule has 1 aliphatic heterocycles. The molecule has 1 heterocycles. The summed E-state index contributed by atoms with van der Waals surface area (Å²) in [5, 5.41) is 3.38. The minimum Gasteiger partial charge on any atom is -0.317 e. The van der Waals surface area contributed by atoms with Crippen LogP contribution in [0.5, 0.6) is 0 Å². The van der Waals surface area contributed by atoms with Gasteiger partial charge in [0.1, 0.15) is 0 Å². The van der Waals surface area contributed by atoms with Gasteiger partial charge in [0.05, 0.1) is 0 Å². The van der Waals surface area contributed by atoms with Crippen molar-refractivity contribution in [1.82, 2.24) is 10.2 Å². The van der Waals surface area contributed by atoms with Gasteiger partial charge in [-0.25, -0.2) is 0 Å². The predicted octanol–water partition coefficient (Wildman–Crippen LogP) is 1.47. The average Bonchev–Trinajstić information content (AvgIpc) is 2.56. The van der Waals surface area contributed by atoms with Crippen molar-refractivity contribution in [1.29, 1.82) is 0 Å². The van der Waals surface area contributed by atoms with E-state index in [4.69, 9.17) is 0 Å². The van der Waals surface area contributed by atoms with Crippen LogP contribution in [0, 0.1) is 0 Å². The van der Waals surface area contributed by atoms with E-state index in [1.54, 1.807) is 0 Å². The fourth-order valence-corrected chi connectivity index (χ4v) is 1.85. The van der Waals surface area contributed by atoms with Crippen LogP contribution in [0.25, 0.3) is 0 Å². The Balaban J connectivity index is 2.05. The third-order valence-electron chi connectivity index (χ3n) is 2.75. The summed E-state index contributed by atoms with van der Waals surface area (Å²) in [6.45, 7) is 9.45. The SMILES string of the molecule is CCNCCC(C)N1CCCC1. The van der Waals surface area contributed by atoms with Crippen molar-refractivity contribution in [3.8, 4) is 0 Å². The minimum atomic E-state index is 0.784. The summed E-state index contributed by atoms with van der Waals surface area (Å²) in [6.07, 6.45) is 4.12. The highest BCUT2D eigenvalue weighted by Gasteiger charge is 2.16. The lowest BCUT2D eigenvalue weighted by molar-refractivity contribution is 0.246. The van der Waals surface area contributed by atoms with E-state index in [1.165, 1.54) is 38.9 Å². The molecular weight excluding hydrogens is 148 g/mol. The first-order valence-corrected chi connectivity index (χ1v) is 5.29. The zero-order valence-electron chi connectivity index (χ0n) is 8.47. The molecule has 0 amide bonds. The zero-order chi connectivity index (χ0) is 8.81. The lowest BCUT2D eigenvalue weighted by atomic mass is 10.2. The first-order valence-electron chi connectivity index (χ1n) is 5.29. The Bertz CT molecular complexity index is 108. The maximum atomic E-state index is 3.38. The van der Waals surface area contributed by atoms with Crippen LogP contribution in [-0.4, -0.2) is 37.1 Å². The second-order valence-corrected chi connectivity index (χ2v) is 3.73. The minimum absolute atomic E-state index is 0.784. The molecule has 12 heavy (non-hydrogen) atoms. The van der Waals surface area contributed by atoms with Gasteiger partial charge in [0.15, 0.2) is 0 Å². The molecular formula is C10H22N2. The summed E-state index contributed by atoms with van der Waals surface area (Å²) in [7, 11) is 0. The standard InChI is InChI=1S/C10H22N2/c1-3-11-7-6-10(2)12-8-4-5-9-12/h10-11H,3-9H2,1-2H3. The quantitative estimate of drug-likeness (QED) is 0.629. The second-order valence-electron chi connectivity index (χ2n) is 3.73. The van der Waals surface area contributed by atoms with Crippen LogP contribution in [0.3, 0.4) is 0 Å². The molecule has 2 nitrogen and oxygen atoms in total. The van der Waals surface area contributed by atoms with Gasteiger partial charge in [-0.1, -0.05) is 6.92 Å². The molecule has 2 heteroatoms. The highest BCUT2D eigenvalue weighted by atomic mass is 15.2. The highest BCUT2D eigenvalue weighted by molar-refractivity contribution is 4.73. The van der Waals surface area contributed by atoms with Gasteiger partial charge in [0.2, 0.25) is 0 Å². The number of rotatable bonds is 5. The lowest BCUT2D eigenvalue weighted by Gasteiger charge is -2.23. The van der Waals surface area contributed by atoms with E-state index in [0.717, 1.165) is 12.6 Å². The third kappa shape index (κ3) is 3.11. The van der Waals surface area contributed by atoms with Crippen LogP contribution in [-0.2, 0) is 0 Å². The summed E-state index contributed by atoms with van der Waals surface area (Å²) in [4.78, 5) is 2.61. The molecule has 1 atom stereocenters. The molecule has 0 saturated carbocycles. The van der Waals surface area contributed by atoms with Crippen LogP contribution < -0.4 is 5.32 Å². The van der Waals surface area contributed by atoms with Gasteiger partial charge in [0.25, 0.3) is 0 Å². The largest absolute Gasteiger partial charge is 0.317 e. The molecule has 72 valence electrons. The maximum Gasteiger partial charge on any atom is 0.00790 e. The van der Waals surface area contributed by atoms with Gasteiger partial charge in [0, 0.05) is 6.04 Å². The summed E-state index contributed by atoms with van der Waals surface area (Å²) in [5.41, 5.74) is 0. The van der Waals surface area contributed by atoms with E-state index in [2.05, 4.69) is 24.1 Å². The zero-order valence-corrected chi connectivity index (χ0v) is 8.47. The van der Waals surface area contributed by atoms with Gasteiger partial charge < -0.3 is 10.2 Å². The van der Waals surface area contributed by atoms with Crippen molar-refractivity contribution in [2.24, 2.45) is 0 Å². The Morgan fingerprint density at radius 3 is 2.58 bits per heavy atom. The summed E-state index contributed by atoms with van der Waals surface area (Å²) in [5.74, 6) is 0. The van der Waals surface area contributed by atoms with Crippen LogP contribution in [0.1, 0.15) is 33.1 Å². The van der Waals surface area contributed by atoms with Crippen LogP contribution in [0.4, 0.5) is 0 Å². The van der Waals surface area contributed by atoms with Gasteiger partial charge in [-0.2, -0.15) is 0 Å². The molecule has 0 radical (unpaired) electrons. The molecule has 0 bridgehead atoms. The number of hydrogen-bond acceptors (Lipinski definition) is 2. The lowest BCUT2D eigenvalue weighted by Crippen LogP contribution is -2.32. The number of likely N-dealkylation sites (tertiary alicyclic amines) is 1. The first-order chi connectivity index (χ1) is 5.84. The molecule has 1 N–H and O–H groups in total. The molecule has 0 aromatic rings. The van der Waals surface area contributed by atoms with Gasteiger partial charge in [-0.15, -0.1) is 0 Å². The predicted molar refractivity (Wildman–Crippen MR) is 53.4 cm³/mol. The fourth-order valence-electron chi connectivity index (χ4n) is 1.85. The van der Waals surface area contributed by atoms with Crippen LogP contribution in [0.15, 0.2) is 0 Å². The van der Waals surface area contributed by atoms with Gasteiger partial charge in [-0.3, -0.25) is 0 Å². The van der Waals surface area contributed by atoms with Crippen LogP contribution >= 0.6 is 0 Å². The number of nitrogens with one attached hydrogen (secondary N) is 1. The van der Waals surface area contributed by atoms with Crippen molar-refractivity contribution < 1.29 is 0 Å². The highest BCUT2D eigenvalue weighted by Crippen LogP contribution is 2.12. The third-order valence-corrected chi connectivity index (χ3v) is 2.75. The molecule has 0 aromatic heterocycles. The van der Waals surface area contributed by atoms with E-state index >= 15 is 0 Å². The van der Waals surface area contributed by atoms with Crippen molar-refractivity contribution >= 4 is 0 Å². The molecule has 1 saturated heterocycles. The summed E-state index contributed by atoms with van der Waals surface area (Å²) >= 11 is 0. The molecule has 0 spiro atoms. The van der Waals surface area contributed by atoms with Crippen molar-refractivity contribution in [3.05, 3.63) is 0 Å². The summed E-state index contributed by atoms with van der Waals surface area (Å²) in [6, 6.07) is 0.784. The molecule has 0 aromatic carbocycles. The normalized spacial score (nSPS) is 21.5. The van der Waals surface area contributed by atoms with E-state index in [9.17, 15) is 0 Å². The van der Waals surface area contributed by atoms with Gasteiger partial charge in [-0.05, 0) is 52.4 Å². The molecule has 1 unspecified atom stereocenters. The average molecular weight is 170 g/mol. The van der Waals surface area contributed by atoms with Crippen molar-refractivity contribution in [2.75, 3.05) is 26.2 Å². The molecule has 1 aliphatic rings. The topological polar surface area (TPSA) is 15.3 Å². The maximum absolute atomic E-state index is 3.38. The molecule has 0 aliphatic carbocycles. The summed E-state index contributed by atoms with van der Waals surface area (Å²) < 4.78 is 0. The second kappa shape index (κ2) is 5.55. The number of hydrogen-bond donors (Lipinski definition) is 1. The van der Waals surface area contributed by atoms with E-state index in [-0.39, 0.29) is 0 Å². The Morgan fingerprint density at radius 2 is 2.00 bits per heavy atom.